The van der Waals surface area contributed by atoms with Crippen molar-refractivity contribution in [3.05, 3.63) is 47.0 Å². The van der Waals surface area contributed by atoms with E-state index >= 15 is 0 Å². The van der Waals surface area contributed by atoms with Gasteiger partial charge in [0.15, 0.2) is 5.78 Å². The second-order valence-electron chi connectivity index (χ2n) is 5.04. The van der Waals surface area contributed by atoms with Crippen molar-refractivity contribution >= 4 is 38.5 Å². The summed E-state index contributed by atoms with van der Waals surface area (Å²) in [5, 5.41) is 10.9. The fraction of sp³-hybridized carbons (Fsp3) is 0.250. The van der Waals surface area contributed by atoms with Gasteiger partial charge in [-0.15, -0.1) is 0 Å². The van der Waals surface area contributed by atoms with Crippen LogP contribution in [0.4, 0.5) is 0 Å². The molecule has 2 aromatic carbocycles. The van der Waals surface area contributed by atoms with E-state index in [9.17, 15) is 9.59 Å². The molecule has 102 valence electrons. The number of rotatable bonds is 4. The van der Waals surface area contributed by atoms with E-state index in [1.807, 2.05) is 24.3 Å². The maximum atomic E-state index is 12.4. The molecule has 0 radical (unpaired) electrons. The van der Waals surface area contributed by atoms with Gasteiger partial charge in [-0.3, -0.25) is 9.59 Å². The fourth-order valence-electron chi connectivity index (χ4n) is 2.88. The minimum atomic E-state index is -0.980. The number of aryl methyl sites for hydroxylation is 2. The van der Waals surface area contributed by atoms with E-state index in [0.717, 1.165) is 18.2 Å². The van der Waals surface area contributed by atoms with Crippen molar-refractivity contribution in [3.63, 3.8) is 0 Å². The largest absolute Gasteiger partial charge is 0.481 e. The number of Topliss-reactive ketones (excluding diaryl/α,β-unsaturated/α-hetero) is 1. The standard InChI is InChI=1S/C16H13BrO3/c17-13(8-14(18)19)16(20)12-7-6-10-5-4-9-2-1-3-11(12)15(9)10/h1-3,6-7,13H,4-5,8H2,(H,18,19). The van der Waals surface area contributed by atoms with Gasteiger partial charge in [0, 0.05) is 5.56 Å². The molecule has 0 spiro atoms. The van der Waals surface area contributed by atoms with Crippen molar-refractivity contribution in [3.8, 4) is 0 Å². The lowest BCUT2D eigenvalue weighted by molar-refractivity contribution is -0.136. The van der Waals surface area contributed by atoms with Crippen LogP contribution in [0.3, 0.4) is 0 Å². The molecule has 20 heavy (non-hydrogen) atoms. The molecular weight excluding hydrogens is 320 g/mol. The van der Waals surface area contributed by atoms with Crippen molar-refractivity contribution in [1.82, 2.24) is 0 Å². The Labute approximate surface area is 124 Å². The Balaban J connectivity index is 2.09. The van der Waals surface area contributed by atoms with Gasteiger partial charge >= 0.3 is 5.97 Å². The molecule has 0 amide bonds. The molecule has 1 N–H and O–H groups in total. The van der Waals surface area contributed by atoms with Crippen LogP contribution in [0, 0.1) is 0 Å². The first-order chi connectivity index (χ1) is 9.58. The fourth-order valence-corrected chi connectivity index (χ4v) is 3.40. The summed E-state index contributed by atoms with van der Waals surface area (Å²) in [4.78, 5) is 22.5. The molecule has 1 aliphatic rings. The SMILES string of the molecule is O=C(O)CC(Br)C(=O)c1ccc2c3c(cccc13)CC2. The van der Waals surface area contributed by atoms with E-state index < -0.39 is 10.8 Å². The van der Waals surface area contributed by atoms with Crippen LogP contribution >= 0.6 is 15.9 Å². The number of alkyl halides is 1. The molecule has 1 aliphatic carbocycles. The average molecular weight is 333 g/mol. The Morgan fingerprint density at radius 1 is 1.15 bits per heavy atom. The van der Waals surface area contributed by atoms with Crippen LogP contribution in [0.15, 0.2) is 30.3 Å². The molecule has 2 aromatic rings. The number of hydrogen-bond donors (Lipinski definition) is 1. The molecular formula is C16H13BrO3. The van der Waals surface area contributed by atoms with Gasteiger partial charge in [0.2, 0.25) is 0 Å². The van der Waals surface area contributed by atoms with E-state index in [4.69, 9.17) is 5.11 Å². The number of carboxylic acids is 1. The highest BCUT2D eigenvalue weighted by Crippen LogP contribution is 2.33. The first kappa shape index (κ1) is 13.3. The van der Waals surface area contributed by atoms with Crippen molar-refractivity contribution < 1.29 is 14.7 Å². The highest BCUT2D eigenvalue weighted by Gasteiger charge is 2.24. The van der Waals surface area contributed by atoms with Crippen LogP contribution in [0.5, 0.6) is 0 Å². The monoisotopic (exact) mass is 332 g/mol. The van der Waals surface area contributed by atoms with Gasteiger partial charge in [-0.05, 0) is 34.7 Å². The van der Waals surface area contributed by atoms with Crippen molar-refractivity contribution in [2.45, 2.75) is 24.1 Å². The normalized spacial score (nSPS) is 14.4. The molecule has 0 heterocycles. The predicted octanol–water partition coefficient (Wildman–Crippen LogP) is 3.36. The summed E-state index contributed by atoms with van der Waals surface area (Å²) >= 11 is 3.19. The van der Waals surface area contributed by atoms with Crippen LogP contribution in [0.1, 0.15) is 27.9 Å². The molecule has 3 rings (SSSR count). The van der Waals surface area contributed by atoms with Crippen molar-refractivity contribution in [2.24, 2.45) is 0 Å². The summed E-state index contributed by atoms with van der Waals surface area (Å²) in [6.45, 7) is 0. The molecule has 4 heteroatoms. The Morgan fingerprint density at radius 2 is 1.85 bits per heavy atom. The topological polar surface area (TPSA) is 54.4 Å². The molecule has 1 unspecified atom stereocenters. The lowest BCUT2D eigenvalue weighted by Gasteiger charge is -2.11. The first-order valence-corrected chi connectivity index (χ1v) is 7.43. The lowest BCUT2D eigenvalue weighted by atomic mass is 9.96. The number of aliphatic carboxylic acids is 1. The lowest BCUT2D eigenvalue weighted by Crippen LogP contribution is -2.18. The van der Waals surface area contributed by atoms with Gasteiger partial charge < -0.3 is 5.11 Å². The average Bonchev–Trinajstić information content (AvgIpc) is 2.83. The first-order valence-electron chi connectivity index (χ1n) is 6.51. The van der Waals surface area contributed by atoms with Crippen LogP contribution in [0.25, 0.3) is 10.8 Å². The Kier molecular flexibility index (Phi) is 3.34. The Hall–Kier alpha value is -1.68. The zero-order valence-corrected chi connectivity index (χ0v) is 12.3. The summed E-state index contributed by atoms with van der Waals surface area (Å²) in [6.07, 6.45) is 1.82. The van der Waals surface area contributed by atoms with E-state index in [1.165, 1.54) is 16.5 Å². The van der Waals surface area contributed by atoms with Crippen molar-refractivity contribution in [1.29, 1.82) is 0 Å². The summed E-state index contributed by atoms with van der Waals surface area (Å²) < 4.78 is 0. The molecule has 0 saturated carbocycles. The second kappa shape index (κ2) is 5.02. The van der Waals surface area contributed by atoms with Gasteiger partial charge in [-0.1, -0.05) is 46.3 Å². The van der Waals surface area contributed by atoms with E-state index in [1.54, 1.807) is 0 Å². The van der Waals surface area contributed by atoms with Gasteiger partial charge in [0.05, 0.1) is 11.2 Å². The molecule has 0 fully saturated rings. The van der Waals surface area contributed by atoms with Gasteiger partial charge in [-0.2, -0.15) is 0 Å². The molecule has 0 aliphatic heterocycles. The molecule has 0 bridgehead atoms. The predicted molar refractivity (Wildman–Crippen MR) is 80.7 cm³/mol. The van der Waals surface area contributed by atoms with E-state index in [0.29, 0.717) is 5.56 Å². The summed E-state index contributed by atoms with van der Waals surface area (Å²) in [5.41, 5.74) is 3.16. The molecule has 0 saturated heterocycles. The zero-order valence-electron chi connectivity index (χ0n) is 10.7. The summed E-state index contributed by atoms with van der Waals surface area (Å²) in [7, 11) is 0. The third kappa shape index (κ3) is 2.14. The third-order valence-electron chi connectivity index (χ3n) is 3.78. The van der Waals surface area contributed by atoms with Gasteiger partial charge in [0.25, 0.3) is 0 Å². The minimum absolute atomic E-state index is 0.164. The van der Waals surface area contributed by atoms with E-state index in [-0.39, 0.29) is 12.2 Å². The highest BCUT2D eigenvalue weighted by molar-refractivity contribution is 9.10. The highest BCUT2D eigenvalue weighted by atomic mass is 79.9. The maximum Gasteiger partial charge on any atom is 0.304 e. The molecule has 0 aromatic heterocycles. The zero-order chi connectivity index (χ0) is 14.3. The Morgan fingerprint density at radius 3 is 2.55 bits per heavy atom. The number of carbonyl (C=O) groups is 2. The van der Waals surface area contributed by atoms with Crippen molar-refractivity contribution in [2.75, 3.05) is 0 Å². The van der Waals surface area contributed by atoms with Gasteiger partial charge in [-0.25, -0.2) is 0 Å². The number of hydrogen-bond acceptors (Lipinski definition) is 2. The Bertz CT molecular complexity index is 711. The quantitative estimate of drug-likeness (QED) is 0.689. The molecule has 1 atom stereocenters. The minimum Gasteiger partial charge on any atom is -0.481 e. The summed E-state index contributed by atoms with van der Waals surface area (Å²) in [6, 6.07) is 9.82. The van der Waals surface area contributed by atoms with Crippen LogP contribution < -0.4 is 0 Å². The van der Waals surface area contributed by atoms with Crippen LogP contribution in [0.2, 0.25) is 0 Å². The number of carbonyl (C=O) groups excluding carboxylic acids is 1. The third-order valence-corrected chi connectivity index (χ3v) is 4.52. The molecule has 3 nitrogen and oxygen atoms in total. The van der Waals surface area contributed by atoms with Crippen LogP contribution in [-0.2, 0) is 17.6 Å². The van der Waals surface area contributed by atoms with Gasteiger partial charge in [0.1, 0.15) is 0 Å². The maximum absolute atomic E-state index is 12.4. The number of ketones is 1. The number of halogens is 1. The van der Waals surface area contributed by atoms with Crippen LogP contribution in [-0.4, -0.2) is 21.7 Å². The van der Waals surface area contributed by atoms with E-state index in [2.05, 4.69) is 22.0 Å². The number of carboxylic acid groups (broad SMARTS) is 1. The summed E-state index contributed by atoms with van der Waals surface area (Å²) in [5.74, 6) is -1.14. The number of benzene rings is 2. The second-order valence-corrected chi connectivity index (χ2v) is 6.15. The smallest absolute Gasteiger partial charge is 0.304 e.